The van der Waals surface area contributed by atoms with Gasteiger partial charge >= 0.3 is 0 Å². The molecular weight excluding hydrogens is 180 g/mol. The van der Waals surface area contributed by atoms with Gasteiger partial charge in [-0.2, -0.15) is 0 Å². The van der Waals surface area contributed by atoms with E-state index < -0.39 is 0 Å². The van der Waals surface area contributed by atoms with Gasteiger partial charge in [-0.3, -0.25) is 4.98 Å². The van der Waals surface area contributed by atoms with Gasteiger partial charge in [0.05, 0.1) is 13.3 Å². The topological polar surface area (TPSA) is 52.8 Å². The fourth-order valence-electron chi connectivity index (χ4n) is 1.17. The van der Waals surface area contributed by atoms with Crippen LogP contribution in [0.4, 0.5) is 0 Å². The Balaban J connectivity index is 2.43. The second kappa shape index (κ2) is 3.45. The van der Waals surface area contributed by atoms with Gasteiger partial charge < -0.3 is 4.74 Å². The molecule has 2 aromatic heterocycles. The number of aromatic nitrogens is 4. The van der Waals surface area contributed by atoms with Gasteiger partial charge in [0, 0.05) is 24.2 Å². The van der Waals surface area contributed by atoms with E-state index in [1.165, 1.54) is 0 Å². The van der Waals surface area contributed by atoms with E-state index in [9.17, 15) is 0 Å². The van der Waals surface area contributed by atoms with Gasteiger partial charge in [-0.15, -0.1) is 5.10 Å². The van der Waals surface area contributed by atoms with E-state index in [1.54, 1.807) is 30.4 Å². The van der Waals surface area contributed by atoms with Crippen molar-refractivity contribution in [2.24, 2.45) is 0 Å². The van der Waals surface area contributed by atoms with Crippen molar-refractivity contribution in [2.75, 3.05) is 7.11 Å². The molecule has 0 aliphatic rings. The summed E-state index contributed by atoms with van der Waals surface area (Å²) in [5.41, 5.74) is 0.971. The van der Waals surface area contributed by atoms with Gasteiger partial charge in [0.1, 0.15) is 0 Å². The van der Waals surface area contributed by atoms with Crippen molar-refractivity contribution in [1.29, 1.82) is 0 Å². The van der Waals surface area contributed by atoms with Gasteiger partial charge in [0.15, 0.2) is 5.82 Å². The van der Waals surface area contributed by atoms with E-state index in [4.69, 9.17) is 4.74 Å². The third-order valence-corrected chi connectivity index (χ3v) is 1.83. The van der Waals surface area contributed by atoms with Crippen LogP contribution in [0.3, 0.4) is 0 Å². The van der Waals surface area contributed by atoms with Crippen LogP contribution in [0.15, 0.2) is 24.8 Å². The first-order valence-corrected chi connectivity index (χ1v) is 4.18. The molecule has 0 bridgehead atoms. The van der Waals surface area contributed by atoms with Crippen LogP contribution >= 0.6 is 0 Å². The standard InChI is InChI=1S/C9H10N4O/c1-7-6-13(12-9(7)14-2)8-5-10-3-4-11-8/h3-6H,1-2H3. The Bertz CT molecular complexity index is 424. The molecule has 2 heterocycles. The molecule has 0 fully saturated rings. The fourth-order valence-corrected chi connectivity index (χ4v) is 1.17. The molecule has 0 saturated carbocycles. The SMILES string of the molecule is COc1nn(-c2cnccn2)cc1C. The van der Waals surface area contributed by atoms with Gasteiger partial charge in [0.2, 0.25) is 5.88 Å². The Morgan fingerprint density at radius 2 is 2.21 bits per heavy atom. The van der Waals surface area contributed by atoms with Crippen LogP contribution < -0.4 is 4.74 Å². The van der Waals surface area contributed by atoms with E-state index in [2.05, 4.69) is 15.1 Å². The second-order valence-electron chi connectivity index (χ2n) is 2.83. The number of methoxy groups -OCH3 is 1. The summed E-state index contributed by atoms with van der Waals surface area (Å²) in [6.45, 7) is 1.93. The Hall–Kier alpha value is -1.91. The smallest absolute Gasteiger partial charge is 0.235 e. The normalized spacial score (nSPS) is 10.1. The van der Waals surface area contributed by atoms with Crippen molar-refractivity contribution in [3.8, 4) is 11.7 Å². The zero-order chi connectivity index (χ0) is 9.97. The summed E-state index contributed by atoms with van der Waals surface area (Å²) in [7, 11) is 1.59. The molecule has 5 heteroatoms. The van der Waals surface area contributed by atoms with Crippen LogP contribution in [-0.2, 0) is 0 Å². The Morgan fingerprint density at radius 3 is 2.79 bits per heavy atom. The van der Waals surface area contributed by atoms with Gasteiger partial charge in [-0.25, -0.2) is 9.67 Å². The molecule has 0 radical (unpaired) electrons. The maximum Gasteiger partial charge on any atom is 0.235 e. The summed E-state index contributed by atoms with van der Waals surface area (Å²) in [5.74, 6) is 1.29. The molecule has 72 valence electrons. The van der Waals surface area contributed by atoms with Crippen LogP contribution in [0.1, 0.15) is 5.56 Å². The van der Waals surface area contributed by atoms with E-state index in [0.29, 0.717) is 11.7 Å². The molecule has 14 heavy (non-hydrogen) atoms. The summed E-state index contributed by atoms with van der Waals surface area (Å²) >= 11 is 0. The van der Waals surface area contributed by atoms with Crippen molar-refractivity contribution in [1.82, 2.24) is 19.7 Å². The minimum Gasteiger partial charge on any atom is -0.480 e. The molecule has 0 spiro atoms. The zero-order valence-electron chi connectivity index (χ0n) is 8.01. The highest BCUT2D eigenvalue weighted by atomic mass is 16.5. The summed E-state index contributed by atoms with van der Waals surface area (Å²) in [6.07, 6.45) is 6.74. The first-order valence-electron chi connectivity index (χ1n) is 4.18. The lowest BCUT2D eigenvalue weighted by Crippen LogP contribution is -1.98. The van der Waals surface area contributed by atoms with Crippen molar-refractivity contribution in [3.63, 3.8) is 0 Å². The van der Waals surface area contributed by atoms with Crippen LogP contribution in [0.2, 0.25) is 0 Å². The molecule has 0 N–H and O–H groups in total. The van der Waals surface area contributed by atoms with E-state index >= 15 is 0 Å². The number of nitrogens with zero attached hydrogens (tertiary/aromatic N) is 4. The molecule has 2 rings (SSSR count). The summed E-state index contributed by atoms with van der Waals surface area (Å²) in [5, 5.41) is 4.19. The third-order valence-electron chi connectivity index (χ3n) is 1.83. The van der Waals surface area contributed by atoms with Crippen LogP contribution in [0.25, 0.3) is 5.82 Å². The highest BCUT2D eigenvalue weighted by Crippen LogP contribution is 2.15. The lowest BCUT2D eigenvalue weighted by Gasteiger charge is -1.96. The Kier molecular flexibility index (Phi) is 2.14. The zero-order valence-corrected chi connectivity index (χ0v) is 8.01. The molecule has 0 saturated heterocycles. The van der Waals surface area contributed by atoms with Crippen molar-refractivity contribution in [2.45, 2.75) is 6.92 Å². The lowest BCUT2D eigenvalue weighted by atomic mass is 10.4. The van der Waals surface area contributed by atoms with E-state index in [-0.39, 0.29) is 0 Å². The molecule has 0 aromatic carbocycles. The van der Waals surface area contributed by atoms with E-state index in [0.717, 1.165) is 5.56 Å². The number of hydrogen-bond acceptors (Lipinski definition) is 4. The predicted molar refractivity (Wildman–Crippen MR) is 50.4 cm³/mol. The third kappa shape index (κ3) is 1.44. The molecular formula is C9H10N4O. The predicted octanol–water partition coefficient (Wildman–Crippen LogP) is 0.979. The molecule has 0 amide bonds. The number of ether oxygens (including phenoxy) is 1. The largest absolute Gasteiger partial charge is 0.480 e. The quantitative estimate of drug-likeness (QED) is 0.708. The molecule has 0 unspecified atom stereocenters. The molecule has 0 aliphatic carbocycles. The molecule has 5 nitrogen and oxygen atoms in total. The van der Waals surface area contributed by atoms with Crippen molar-refractivity contribution >= 4 is 0 Å². The number of aryl methyl sites for hydroxylation is 1. The maximum atomic E-state index is 5.07. The summed E-state index contributed by atoms with van der Waals surface area (Å²) in [4.78, 5) is 8.08. The Labute approximate surface area is 81.4 Å². The highest BCUT2D eigenvalue weighted by Gasteiger charge is 2.06. The average molecular weight is 190 g/mol. The van der Waals surface area contributed by atoms with Gasteiger partial charge in [-0.1, -0.05) is 0 Å². The highest BCUT2D eigenvalue weighted by molar-refractivity contribution is 5.26. The van der Waals surface area contributed by atoms with Gasteiger partial charge in [-0.05, 0) is 6.92 Å². The van der Waals surface area contributed by atoms with Crippen molar-refractivity contribution in [3.05, 3.63) is 30.4 Å². The summed E-state index contributed by atoms with van der Waals surface area (Å²) < 4.78 is 6.71. The molecule has 0 aliphatic heterocycles. The van der Waals surface area contributed by atoms with Crippen LogP contribution in [0, 0.1) is 6.92 Å². The van der Waals surface area contributed by atoms with Gasteiger partial charge in [0.25, 0.3) is 0 Å². The molecule has 0 atom stereocenters. The minimum absolute atomic E-state index is 0.607. The average Bonchev–Trinajstić information content (AvgIpc) is 2.61. The summed E-state index contributed by atoms with van der Waals surface area (Å²) in [6, 6.07) is 0. The monoisotopic (exact) mass is 190 g/mol. The fraction of sp³-hybridized carbons (Fsp3) is 0.222. The van der Waals surface area contributed by atoms with Crippen molar-refractivity contribution < 1.29 is 4.74 Å². The van der Waals surface area contributed by atoms with Crippen LogP contribution in [0.5, 0.6) is 5.88 Å². The number of rotatable bonds is 2. The minimum atomic E-state index is 0.607. The first-order chi connectivity index (χ1) is 6.81. The first kappa shape index (κ1) is 8.68. The molecule has 2 aromatic rings. The maximum absolute atomic E-state index is 5.07. The van der Waals surface area contributed by atoms with E-state index in [1.807, 2.05) is 13.1 Å². The second-order valence-corrected chi connectivity index (χ2v) is 2.83. The Morgan fingerprint density at radius 1 is 1.36 bits per heavy atom. The number of hydrogen-bond donors (Lipinski definition) is 0. The lowest BCUT2D eigenvalue weighted by molar-refractivity contribution is 0.391. The van der Waals surface area contributed by atoms with Crippen LogP contribution in [-0.4, -0.2) is 26.9 Å².